The molecule has 0 radical (unpaired) electrons. The van der Waals surface area contributed by atoms with Gasteiger partial charge in [-0.15, -0.1) is 11.3 Å². The van der Waals surface area contributed by atoms with E-state index in [2.05, 4.69) is 6.07 Å². The Balaban J connectivity index is 1.71. The minimum Gasteiger partial charge on any atom is -0.366 e. The molecule has 2 heterocycles. The molecule has 6 nitrogen and oxygen atoms in total. The third-order valence-electron chi connectivity index (χ3n) is 7.12. The van der Waals surface area contributed by atoms with E-state index in [1.807, 2.05) is 19.1 Å². The molecule has 0 spiro atoms. The van der Waals surface area contributed by atoms with Gasteiger partial charge in [0.1, 0.15) is 16.8 Å². The molecule has 0 aliphatic heterocycles. The van der Waals surface area contributed by atoms with Gasteiger partial charge in [0.2, 0.25) is 5.91 Å². The lowest BCUT2D eigenvalue weighted by molar-refractivity contribution is 0.100. The number of hydrogen-bond donors (Lipinski definition) is 1. The molecule has 0 bridgehead atoms. The Kier molecular flexibility index (Phi) is 6.73. The average molecular weight is 592 g/mol. The number of benzene rings is 4. The van der Waals surface area contributed by atoms with Gasteiger partial charge in [-0.05, 0) is 78.0 Å². The van der Waals surface area contributed by atoms with Gasteiger partial charge >= 0.3 is 0 Å². The SMILES string of the molecule is Cc1ccc(S(=O)(=O)n2c(-c3cccc(-c4ccc(C(N)=O)cc4)c3)c(-c3ccsc3C#N)c3cc(F)ccc32)cc1. The summed E-state index contributed by atoms with van der Waals surface area (Å²) >= 11 is 1.23. The third-order valence-corrected chi connectivity index (χ3v) is 9.67. The quantitative estimate of drug-likeness (QED) is 0.218. The van der Waals surface area contributed by atoms with Crippen molar-refractivity contribution >= 4 is 38.2 Å². The van der Waals surface area contributed by atoms with Crippen molar-refractivity contribution in [3.8, 4) is 39.6 Å². The molecule has 1 amide bonds. The summed E-state index contributed by atoms with van der Waals surface area (Å²) in [7, 11) is -4.19. The smallest absolute Gasteiger partial charge is 0.268 e. The first-order chi connectivity index (χ1) is 20.2. The van der Waals surface area contributed by atoms with Crippen LogP contribution in [0.5, 0.6) is 0 Å². The first-order valence-corrected chi connectivity index (χ1v) is 15.2. The van der Waals surface area contributed by atoms with Crippen LogP contribution in [0.2, 0.25) is 0 Å². The molecule has 6 aromatic rings. The number of amides is 1. The molecule has 0 saturated carbocycles. The number of carbonyl (C=O) groups is 1. The van der Waals surface area contributed by atoms with Gasteiger partial charge in [-0.2, -0.15) is 5.26 Å². The summed E-state index contributed by atoms with van der Waals surface area (Å²) in [6.45, 7) is 1.87. The van der Waals surface area contributed by atoms with Gasteiger partial charge in [-0.3, -0.25) is 4.79 Å². The van der Waals surface area contributed by atoms with Crippen molar-refractivity contribution in [3.63, 3.8) is 0 Å². The molecule has 0 saturated heterocycles. The van der Waals surface area contributed by atoms with Gasteiger partial charge in [0.05, 0.1) is 16.1 Å². The topological polar surface area (TPSA) is 106 Å². The number of aryl methyl sites for hydroxylation is 1. The highest BCUT2D eigenvalue weighted by molar-refractivity contribution is 7.90. The molecule has 2 aromatic heterocycles. The fraction of sp³-hybridized carbons (Fsp3) is 0.0303. The average Bonchev–Trinajstić information content (AvgIpc) is 3.59. The molecular formula is C33H22FN3O3S2. The van der Waals surface area contributed by atoms with Crippen LogP contribution >= 0.6 is 11.3 Å². The van der Waals surface area contributed by atoms with Gasteiger partial charge in [-0.1, -0.05) is 48.0 Å². The van der Waals surface area contributed by atoms with Gasteiger partial charge in [-0.25, -0.2) is 16.8 Å². The molecule has 0 aliphatic rings. The van der Waals surface area contributed by atoms with Gasteiger partial charge in [0, 0.05) is 27.6 Å². The van der Waals surface area contributed by atoms with E-state index in [9.17, 15) is 22.9 Å². The van der Waals surface area contributed by atoms with Crippen LogP contribution in [0.15, 0.2) is 107 Å². The van der Waals surface area contributed by atoms with Crippen molar-refractivity contribution in [3.05, 3.63) is 124 Å². The zero-order valence-electron chi connectivity index (χ0n) is 22.2. The summed E-state index contributed by atoms with van der Waals surface area (Å²) in [4.78, 5) is 12.0. The lowest BCUT2D eigenvalue weighted by atomic mass is 9.96. The number of thiophene rings is 1. The Bertz CT molecular complexity index is 2160. The van der Waals surface area contributed by atoms with E-state index in [-0.39, 0.29) is 10.4 Å². The highest BCUT2D eigenvalue weighted by atomic mass is 32.2. The molecule has 42 heavy (non-hydrogen) atoms. The number of carbonyl (C=O) groups excluding carboxylic acids is 1. The molecule has 4 aromatic carbocycles. The Morgan fingerprint density at radius 1 is 0.905 bits per heavy atom. The van der Waals surface area contributed by atoms with Crippen molar-refractivity contribution in [2.24, 2.45) is 5.73 Å². The van der Waals surface area contributed by atoms with Gasteiger partial charge in [0.25, 0.3) is 10.0 Å². The number of nitrogens with zero attached hydrogens (tertiary/aromatic N) is 2. The summed E-state index contributed by atoms with van der Waals surface area (Å²) in [5.74, 6) is -1.07. The number of hydrogen-bond acceptors (Lipinski definition) is 5. The van der Waals surface area contributed by atoms with Crippen LogP contribution in [0, 0.1) is 24.1 Å². The van der Waals surface area contributed by atoms with Gasteiger partial charge in [0.15, 0.2) is 0 Å². The summed E-state index contributed by atoms with van der Waals surface area (Å²) in [6, 6.07) is 28.6. The molecule has 0 fully saturated rings. The number of nitrogens with two attached hydrogens (primary N) is 1. The standard InChI is InChI=1S/C33H22FN3O3S2/c1-20-5-12-26(13-6-20)42(39,40)37-29-14-11-25(34)18-28(29)31(27-15-16-41-30(27)19-35)32(37)24-4-2-3-23(17-24)21-7-9-22(10-8-21)33(36)38/h2-18H,1H3,(H2,36,38). The van der Waals surface area contributed by atoms with Crippen molar-refractivity contribution in [2.45, 2.75) is 11.8 Å². The van der Waals surface area contributed by atoms with Crippen LogP contribution in [0.25, 0.3) is 44.4 Å². The van der Waals surface area contributed by atoms with E-state index in [0.29, 0.717) is 38.2 Å². The lowest BCUT2D eigenvalue weighted by Gasteiger charge is -2.15. The zero-order chi connectivity index (χ0) is 29.6. The molecule has 6 rings (SSSR count). The van der Waals surface area contributed by atoms with Crippen LogP contribution in [0.4, 0.5) is 4.39 Å². The van der Waals surface area contributed by atoms with Crippen molar-refractivity contribution in [1.82, 2.24) is 3.97 Å². The Morgan fingerprint density at radius 3 is 2.31 bits per heavy atom. The highest BCUT2D eigenvalue weighted by Gasteiger charge is 2.30. The summed E-state index contributed by atoms with van der Waals surface area (Å²) in [6.07, 6.45) is 0. The number of primary amides is 1. The van der Waals surface area contributed by atoms with Crippen molar-refractivity contribution in [2.75, 3.05) is 0 Å². The monoisotopic (exact) mass is 591 g/mol. The molecule has 2 N–H and O–H groups in total. The number of aromatic nitrogens is 1. The maximum Gasteiger partial charge on any atom is 0.268 e. The largest absolute Gasteiger partial charge is 0.366 e. The van der Waals surface area contributed by atoms with Crippen LogP contribution in [-0.4, -0.2) is 18.3 Å². The fourth-order valence-electron chi connectivity index (χ4n) is 5.10. The minimum absolute atomic E-state index is 0.0751. The lowest BCUT2D eigenvalue weighted by Crippen LogP contribution is -2.14. The van der Waals surface area contributed by atoms with E-state index in [1.54, 1.807) is 72.1 Å². The van der Waals surface area contributed by atoms with E-state index in [4.69, 9.17) is 5.73 Å². The molecule has 206 valence electrons. The van der Waals surface area contributed by atoms with Crippen molar-refractivity contribution < 1.29 is 17.6 Å². The summed E-state index contributed by atoms with van der Waals surface area (Å²) in [5.41, 5.74) is 10.3. The number of halogens is 1. The second-order valence-electron chi connectivity index (χ2n) is 9.77. The Morgan fingerprint density at radius 2 is 1.62 bits per heavy atom. The molecule has 0 unspecified atom stereocenters. The normalized spacial score (nSPS) is 11.5. The third kappa shape index (κ3) is 4.57. The zero-order valence-corrected chi connectivity index (χ0v) is 23.8. The summed E-state index contributed by atoms with van der Waals surface area (Å²) in [5, 5.41) is 12.0. The van der Waals surface area contributed by atoms with Crippen LogP contribution in [-0.2, 0) is 10.0 Å². The number of fused-ring (bicyclic) bond motifs is 1. The molecule has 0 aliphatic carbocycles. The number of rotatable bonds is 6. The van der Waals surface area contributed by atoms with E-state index >= 15 is 0 Å². The van der Waals surface area contributed by atoms with Crippen LogP contribution in [0.3, 0.4) is 0 Å². The van der Waals surface area contributed by atoms with E-state index < -0.39 is 21.7 Å². The number of nitriles is 1. The predicted octanol–water partition coefficient (Wildman–Crippen LogP) is 7.36. The Labute approximate surface area is 245 Å². The first kappa shape index (κ1) is 27.1. The van der Waals surface area contributed by atoms with Gasteiger partial charge < -0.3 is 5.73 Å². The van der Waals surface area contributed by atoms with E-state index in [1.165, 1.54) is 33.5 Å². The molecule has 0 atom stereocenters. The molecular weight excluding hydrogens is 570 g/mol. The predicted molar refractivity (Wildman–Crippen MR) is 163 cm³/mol. The highest BCUT2D eigenvalue weighted by Crippen LogP contribution is 2.45. The maximum atomic E-state index is 14.8. The van der Waals surface area contributed by atoms with Crippen molar-refractivity contribution in [1.29, 1.82) is 5.26 Å². The second kappa shape index (κ2) is 10.4. The minimum atomic E-state index is -4.19. The van der Waals surface area contributed by atoms with Crippen LogP contribution < -0.4 is 5.73 Å². The van der Waals surface area contributed by atoms with E-state index in [0.717, 1.165) is 16.7 Å². The summed E-state index contributed by atoms with van der Waals surface area (Å²) < 4.78 is 44.8. The fourth-order valence-corrected chi connectivity index (χ4v) is 7.34. The maximum absolute atomic E-state index is 14.8. The second-order valence-corrected chi connectivity index (χ2v) is 12.5. The molecule has 9 heteroatoms. The van der Waals surface area contributed by atoms with Crippen LogP contribution in [0.1, 0.15) is 20.8 Å². The Hall–Kier alpha value is -5.04. The first-order valence-electron chi connectivity index (χ1n) is 12.8.